The molecule has 1 fully saturated rings. The molecule has 0 aliphatic carbocycles. The predicted octanol–water partition coefficient (Wildman–Crippen LogP) is 2.57. The summed E-state index contributed by atoms with van der Waals surface area (Å²) in [5, 5.41) is -0.0245. The van der Waals surface area contributed by atoms with E-state index in [1.54, 1.807) is 12.1 Å². The Morgan fingerprint density at radius 3 is 2.35 bits per heavy atom. The summed E-state index contributed by atoms with van der Waals surface area (Å²) in [4.78, 5) is 16.2. The molecule has 1 aliphatic heterocycles. The standard InChI is InChI=1S/C18H21N3O3S2/c19-18(22)17(14-7-3-1-4-8-14)25-16-10-9-15(13-20-16)26(23,24)21-11-5-2-6-12-21/h1,3-4,7-10,13,17H,2,5-6,11-12H2,(H2,19,22)/t17-/m0/s1. The summed E-state index contributed by atoms with van der Waals surface area (Å²) >= 11 is 1.21. The van der Waals surface area contributed by atoms with Crippen molar-refractivity contribution in [2.75, 3.05) is 13.1 Å². The predicted molar refractivity (Wildman–Crippen MR) is 101 cm³/mol. The zero-order valence-corrected chi connectivity index (χ0v) is 15.9. The monoisotopic (exact) mass is 391 g/mol. The number of piperidine rings is 1. The lowest BCUT2D eigenvalue weighted by Crippen LogP contribution is -2.35. The van der Waals surface area contributed by atoms with E-state index >= 15 is 0 Å². The number of rotatable bonds is 6. The van der Waals surface area contributed by atoms with Crippen molar-refractivity contribution in [3.05, 3.63) is 54.2 Å². The Kier molecular flexibility index (Phi) is 5.95. The van der Waals surface area contributed by atoms with Gasteiger partial charge < -0.3 is 5.73 Å². The molecular weight excluding hydrogens is 370 g/mol. The fraction of sp³-hybridized carbons (Fsp3) is 0.333. The molecule has 8 heteroatoms. The molecule has 0 saturated carbocycles. The van der Waals surface area contributed by atoms with E-state index in [-0.39, 0.29) is 4.90 Å². The average molecular weight is 392 g/mol. The van der Waals surface area contributed by atoms with Crippen molar-refractivity contribution in [2.24, 2.45) is 5.73 Å². The normalized spacial score (nSPS) is 16.9. The second-order valence-corrected chi connectivity index (χ2v) is 9.17. The minimum Gasteiger partial charge on any atom is -0.368 e. The van der Waals surface area contributed by atoms with Gasteiger partial charge in [0, 0.05) is 19.3 Å². The van der Waals surface area contributed by atoms with Gasteiger partial charge in [-0.25, -0.2) is 13.4 Å². The van der Waals surface area contributed by atoms with Gasteiger partial charge >= 0.3 is 0 Å². The summed E-state index contributed by atoms with van der Waals surface area (Å²) in [6.45, 7) is 1.10. The van der Waals surface area contributed by atoms with Crippen LogP contribution in [0.25, 0.3) is 0 Å². The molecule has 138 valence electrons. The smallest absolute Gasteiger partial charge is 0.244 e. The van der Waals surface area contributed by atoms with Crippen molar-refractivity contribution in [3.63, 3.8) is 0 Å². The van der Waals surface area contributed by atoms with Gasteiger partial charge in [-0.2, -0.15) is 4.31 Å². The van der Waals surface area contributed by atoms with Crippen molar-refractivity contribution in [1.29, 1.82) is 0 Å². The first-order valence-electron chi connectivity index (χ1n) is 8.45. The van der Waals surface area contributed by atoms with Gasteiger partial charge in [-0.3, -0.25) is 4.79 Å². The van der Waals surface area contributed by atoms with Crippen molar-refractivity contribution >= 4 is 27.7 Å². The molecule has 2 heterocycles. The molecule has 1 amide bonds. The topological polar surface area (TPSA) is 93.4 Å². The number of hydrogen-bond acceptors (Lipinski definition) is 5. The van der Waals surface area contributed by atoms with Crippen LogP contribution in [0.3, 0.4) is 0 Å². The van der Waals surface area contributed by atoms with Crippen LogP contribution in [-0.4, -0.2) is 36.7 Å². The first-order chi connectivity index (χ1) is 12.5. The van der Waals surface area contributed by atoms with Gasteiger partial charge in [-0.15, -0.1) is 0 Å². The Morgan fingerprint density at radius 1 is 1.08 bits per heavy atom. The van der Waals surface area contributed by atoms with Crippen LogP contribution in [0.4, 0.5) is 0 Å². The molecular formula is C18H21N3O3S2. The molecule has 1 saturated heterocycles. The number of primary amides is 1. The van der Waals surface area contributed by atoms with Gasteiger partial charge in [-0.05, 0) is 30.5 Å². The second kappa shape index (κ2) is 8.20. The fourth-order valence-electron chi connectivity index (χ4n) is 2.88. The van der Waals surface area contributed by atoms with Gasteiger partial charge in [0.2, 0.25) is 15.9 Å². The number of aromatic nitrogens is 1. The molecule has 0 unspecified atom stereocenters. The van der Waals surface area contributed by atoms with Crippen LogP contribution >= 0.6 is 11.8 Å². The summed E-state index contributed by atoms with van der Waals surface area (Å²) < 4.78 is 26.8. The molecule has 2 aromatic rings. The number of carbonyl (C=O) groups is 1. The highest BCUT2D eigenvalue weighted by molar-refractivity contribution is 8.00. The number of nitrogens with two attached hydrogens (primary N) is 1. The third-order valence-electron chi connectivity index (χ3n) is 4.26. The van der Waals surface area contributed by atoms with Crippen LogP contribution in [0, 0.1) is 0 Å². The number of pyridine rings is 1. The highest BCUT2D eigenvalue weighted by atomic mass is 32.2. The van der Waals surface area contributed by atoms with Crippen LogP contribution in [-0.2, 0) is 14.8 Å². The van der Waals surface area contributed by atoms with Gasteiger partial charge in [0.25, 0.3) is 0 Å². The highest BCUT2D eigenvalue weighted by Crippen LogP contribution is 2.34. The number of amides is 1. The maximum Gasteiger partial charge on any atom is 0.244 e. The number of hydrogen-bond donors (Lipinski definition) is 1. The second-order valence-electron chi connectivity index (χ2n) is 6.11. The Morgan fingerprint density at radius 2 is 1.77 bits per heavy atom. The lowest BCUT2D eigenvalue weighted by atomic mass is 10.1. The minimum absolute atomic E-state index is 0.180. The summed E-state index contributed by atoms with van der Waals surface area (Å²) in [7, 11) is -3.51. The summed E-state index contributed by atoms with van der Waals surface area (Å²) in [5.41, 5.74) is 6.31. The van der Waals surface area contributed by atoms with E-state index in [1.807, 2.05) is 30.3 Å². The SMILES string of the molecule is NC(=O)[C@@H](Sc1ccc(S(=O)(=O)N2CCCCC2)cn1)c1ccccc1. The lowest BCUT2D eigenvalue weighted by molar-refractivity contribution is -0.117. The van der Waals surface area contributed by atoms with Crippen LogP contribution in [0.2, 0.25) is 0 Å². The van der Waals surface area contributed by atoms with Gasteiger partial charge in [0.15, 0.2) is 0 Å². The van der Waals surface area contributed by atoms with Crippen molar-refractivity contribution in [1.82, 2.24) is 9.29 Å². The van der Waals surface area contributed by atoms with E-state index in [0.717, 1.165) is 24.8 Å². The summed E-state index contributed by atoms with van der Waals surface area (Å²) in [5.74, 6) is -0.465. The molecule has 6 nitrogen and oxygen atoms in total. The average Bonchev–Trinajstić information content (AvgIpc) is 2.67. The van der Waals surface area contributed by atoms with Gasteiger partial charge in [0.1, 0.15) is 10.1 Å². The molecule has 0 radical (unpaired) electrons. The Bertz CT molecular complexity index is 849. The number of sulfonamides is 1. The quantitative estimate of drug-likeness (QED) is 0.764. The van der Waals surface area contributed by atoms with Crippen molar-refractivity contribution < 1.29 is 13.2 Å². The third-order valence-corrected chi connectivity index (χ3v) is 7.37. The molecule has 0 spiro atoms. The van der Waals surface area contributed by atoms with Crippen LogP contribution in [0.5, 0.6) is 0 Å². The number of carbonyl (C=O) groups excluding carboxylic acids is 1. The summed E-state index contributed by atoms with van der Waals surface area (Å²) in [6.07, 6.45) is 4.19. The Balaban J connectivity index is 1.77. The maximum atomic E-state index is 12.7. The molecule has 3 rings (SSSR count). The maximum absolute atomic E-state index is 12.7. The molecule has 1 aliphatic rings. The highest BCUT2D eigenvalue weighted by Gasteiger charge is 2.26. The molecule has 2 N–H and O–H groups in total. The van der Waals surface area contributed by atoms with E-state index in [2.05, 4.69) is 4.98 Å². The molecule has 1 aromatic heterocycles. The van der Waals surface area contributed by atoms with Crippen molar-refractivity contribution in [3.8, 4) is 0 Å². The van der Waals surface area contributed by atoms with E-state index in [4.69, 9.17) is 5.73 Å². The molecule has 1 aromatic carbocycles. The van der Waals surface area contributed by atoms with Crippen molar-refractivity contribution in [2.45, 2.75) is 34.4 Å². The number of benzene rings is 1. The Labute approximate surface area is 157 Å². The van der Waals surface area contributed by atoms with E-state index in [9.17, 15) is 13.2 Å². The van der Waals surface area contributed by atoms with E-state index < -0.39 is 21.2 Å². The van der Waals surface area contributed by atoms with E-state index in [0.29, 0.717) is 18.1 Å². The lowest BCUT2D eigenvalue weighted by Gasteiger charge is -2.25. The number of thioether (sulfide) groups is 1. The first kappa shape index (κ1) is 18.9. The summed E-state index contributed by atoms with van der Waals surface area (Å²) in [6, 6.07) is 12.4. The van der Waals surface area contributed by atoms with E-state index in [1.165, 1.54) is 22.3 Å². The van der Waals surface area contributed by atoms with Crippen LogP contribution in [0.1, 0.15) is 30.1 Å². The first-order valence-corrected chi connectivity index (χ1v) is 10.8. The zero-order chi connectivity index (χ0) is 18.6. The molecule has 1 atom stereocenters. The van der Waals surface area contributed by atoms with Gasteiger partial charge in [-0.1, -0.05) is 48.5 Å². The van der Waals surface area contributed by atoms with Crippen LogP contribution in [0.15, 0.2) is 58.6 Å². The fourth-order valence-corrected chi connectivity index (χ4v) is 5.26. The van der Waals surface area contributed by atoms with Crippen LogP contribution < -0.4 is 5.73 Å². The largest absolute Gasteiger partial charge is 0.368 e. The Hall–Kier alpha value is -1.90. The minimum atomic E-state index is -3.51. The van der Waals surface area contributed by atoms with Gasteiger partial charge in [0.05, 0.1) is 5.03 Å². The molecule has 26 heavy (non-hydrogen) atoms. The molecule has 0 bridgehead atoms. The number of nitrogens with zero attached hydrogens (tertiary/aromatic N) is 2. The zero-order valence-electron chi connectivity index (χ0n) is 14.2. The third kappa shape index (κ3) is 4.25.